The van der Waals surface area contributed by atoms with Crippen molar-refractivity contribution in [3.8, 4) is 0 Å². The number of unbranched alkanes of at least 4 members (excludes halogenated alkanes) is 10. The Kier molecular flexibility index (Phi) is 19.1. The van der Waals surface area contributed by atoms with Crippen LogP contribution in [0.4, 0.5) is 0 Å². The molecule has 0 aliphatic rings. The van der Waals surface area contributed by atoms with Crippen molar-refractivity contribution in [3.05, 3.63) is 0 Å². The Morgan fingerprint density at radius 1 is 0.818 bits per heavy atom. The smallest absolute Gasteiger partial charge is 0.748 e. The van der Waals surface area contributed by atoms with Gasteiger partial charge in [0.05, 0.1) is 16.2 Å². The van der Waals surface area contributed by atoms with E-state index in [1.165, 1.54) is 38.5 Å². The van der Waals surface area contributed by atoms with Crippen LogP contribution in [0.5, 0.6) is 0 Å². The first-order valence-corrected chi connectivity index (χ1v) is 10.1. The summed E-state index contributed by atoms with van der Waals surface area (Å²) in [4.78, 5) is 0. The van der Waals surface area contributed by atoms with E-state index >= 15 is 0 Å². The fourth-order valence-electron chi connectivity index (χ4n) is 2.45. The fraction of sp³-hybridized carbons (Fsp3) is 1.00. The first kappa shape index (κ1) is 25.1. The van der Waals surface area contributed by atoms with Gasteiger partial charge in [-0.2, -0.15) is 0 Å². The molecule has 22 heavy (non-hydrogen) atoms. The Hall–Kier alpha value is 0.870. The minimum atomic E-state index is -4.01. The molecule has 0 spiro atoms. The largest absolute Gasteiger partial charge is 1.00 e. The number of rotatable bonds is 15. The van der Waals surface area contributed by atoms with E-state index < -0.39 is 10.1 Å². The molecule has 0 saturated carbocycles. The van der Waals surface area contributed by atoms with Gasteiger partial charge in [0, 0.05) is 5.75 Å². The zero-order chi connectivity index (χ0) is 16.0. The second-order valence-corrected chi connectivity index (χ2v) is 7.53. The first-order chi connectivity index (χ1) is 9.95. The summed E-state index contributed by atoms with van der Waals surface area (Å²) in [6.07, 6.45) is 13.8. The van der Waals surface area contributed by atoms with Gasteiger partial charge in [-0.3, -0.25) is 0 Å². The quantitative estimate of drug-likeness (QED) is 0.273. The molecule has 0 aliphatic carbocycles. The summed E-state index contributed by atoms with van der Waals surface area (Å²) in [5, 5.41) is 9.41. The van der Waals surface area contributed by atoms with Crippen LogP contribution in [0, 0.1) is 0 Å². The van der Waals surface area contributed by atoms with Crippen LogP contribution in [0.1, 0.15) is 90.4 Å². The third-order valence-corrected chi connectivity index (χ3v) is 4.69. The predicted octanol–water partition coefficient (Wildman–Crippen LogP) is 0.988. The molecular weight excluding hydrogens is 311 g/mol. The van der Waals surface area contributed by atoms with E-state index in [2.05, 4.69) is 0 Å². The van der Waals surface area contributed by atoms with Crippen molar-refractivity contribution >= 4 is 10.1 Å². The summed E-state index contributed by atoms with van der Waals surface area (Å²) in [6.45, 7) is 2.02. The average molecular weight is 344 g/mol. The molecule has 0 aliphatic heterocycles. The van der Waals surface area contributed by atoms with Crippen molar-refractivity contribution in [2.24, 2.45) is 0 Å². The molecule has 0 amide bonds. The van der Waals surface area contributed by atoms with Gasteiger partial charge in [-0.1, -0.05) is 71.1 Å². The Morgan fingerprint density at radius 3 is 1.55 bits per heavy atom. The maximum absolute atomic E-state index is 10.4. The summed E-state index contributed by atoms with van der Waals surface area (Å²) in [7, 11) is -4.01. The fourth-order valence-corrected chi connectivity index (χ4v) is 3.01. The molecule has 1 N–H and O–H groups in total. The molecule has 0 heterocycles. The van der Waals surface area contributed by atoms with Gasteiger partial charge in [0.25, 0.3) is 0 Å². The topological polar surface area (TPSA) is 77.4 Å². The summed E-state index contributed by atoms with van der Waals surface area (Å²) >= 11 is 0. The molecule has 0 saturated heterocycles. The monoisotopic (exact) mass is 344 g/mol. The van der Waals surface area contributed by atoms with E-state index in [9.17, 15) is 18.1 Å². The Balaban J connectivity index is 0. The van der Waals surface area contributed by atoms with Gasteiger partial charge in [0.2, 0.25) is 0 Å². The molecular formula is C16H33NaO4S. The van der Waals surface area contributed by atoms with Gasteiger partial charge in [0.15, 0.2) is 0 Å². The Bertz CT molecular complexity index is 320. The molecule has 0 aromatic carbocycles. The van der Waals surface area contributed by atoms with E-state index in [0.717, 1.165) is 38.5 Å². The van der Waals surface area contributed by atoms with Crippen molar-refractivity contribution in [1.82, 2.24) is 0 Å². The summed E-state index contributed by atoms with van der Waals surface area (Å²) in [6, 6.07) is 0. The van der Waals surface area contributed by atoms with Crippen LogP contribution < -0.4 is 29.6 Å². The minimum absolute atomic E-state index is 0. The molecule has 1 unspecified atom stereocenters. The summed E-state index contributed by atoms with van der Waals surface area (Å²) in [5.41, 5.74) is 0. The van der Waals surface area contributed by atoms with Gasteiger partial charge in [0.1, 0.15) is 0 Å². The minimum Gasteiger partial charge on any atom is -0.748 e. The van der Waals surface area contributed by atoms with E-state index in [1.54, 1.807) is 0 Å². The number of hydrogen-bond donors (Lipinski definition) is 1. The van der Waals surface area contributed by atoms with Crippen LogP contribution in [0.3, 0.4) is 0 Å². The zero-order valence-electron chi connectivity index (χ0n) is 14.6. The zero-order valence-corrected chi connectivity index (χ0v) is 17.4. The molecule has 1 atom stereocenters. The molecule has 0 rings (SSSR count). The van der Waals surface area contributed by atoms with Crippen molar-refractivity contribution in [2.45, 2.75) is 96.5 Å². The SMILES string of the molecule is CCC(O)CCCCCCCCCCCCCS(=O)(=O)[O-].[Na+]. The van der Waals surface area contributed by atoms with E-state index in [4.69, 9.17) is 0 Å². The van der Waals surface area contributed by atoms with Crippen molar-refractivity contribution in [2.75, 3.05) is 5.75 Å². The normalized spacial score (nSPS) is 12.9. The van der Waals surface area contributed by atoms with Crippen LogP contribution in [-0.4, -0.2) is 29.9 Å². The average Bonchev–Trinajstić information content (AvgIpc) is 2.42. The Morgan fingerprint density at radius 2 is 1.18 bits per heavy atom. The molecule has 4 nitrogen and oxygen atoms in total. The molecule has 0 aromatic heterocycles. The van der Waals surface area contributed by atoms with Gasteiger partial charge < -0.3 is 9.66 Å². The molecule has 6 heteroatoms. The molecule has 0 fully saturated rings. The van der Waals surface area contributed by atoms with Crippen LogP contribution in [-0.2, 0) is 10.1 Å². The van der Waals surface area contributed by atoms with Gasteiger partial charge in [-0.05, 0) is 19.3 Å². The van der Waals surface area contributed by atoms with Crippen molar-refractivity contribution in [1.29, 1.82) is 0 Å². The second-order valence-electron chi connectivity index (χ2n) is 6.00. The van der Waals surface area contributed by atoms with Crippen LogP contribution in [0.25, 0.3) is 0 Å². The second kappa shape index (κ2) is 16.7. The summed E-state index contributed by atoms with van der Waals surface area (Å²) in [5.74, 6) is -0.209. The third kappa shape index (κ3) is 20.9. The number of hydrogen-bond acceptors (Lipinski definition) is 4. The maximum atomic E-state index is 10.4. The molecule has 0 aromatic rings. The number of aliphatic hydroxyl groups is 1. The van der Waals surface area contributed by atoms with E-state index in [0.29, 0.717) is 6.42 Å². The van der Waals surface area contributed by atoms with Crippen molar-refractivity contribution in [3.63, 3.8) is 0 Å². The van der Waals surface area contributed by atoms with E-state index in [1.807, 2.05) is 6.92 Å². The third-order valence-electron chi connectivity index (χ3n) is 3.90. The van der Waals surface area contributed by atoms with Crippen LogP contribution >= 0.6 is 0 Å². The maximum Gasteiger partial charge on any atom is 1.00 e. The van der Waals surface area contributed by atoms with E-state index in [-0.39, 0.29) is 41.4 Å². The number of aliphatic hydroxyl groups excluding tert-OH is 1. The molecule has 0 bridgehead atoms. The van der Waals surface area contributed by atoms with Crippen LogP contribution in [0.15, 0.2) is 0 Å². The summed E-state index contributed by atoms with van der Waals surface area (Å²) < 4.78 is 31.2. The van der Waals surface area contributed by atoms with Gasteiger partial charge in [-0.15, -0.1) is 0 Å². The predicted molar refractivity (Wildman–Crippen MR) is 86.3 cm³/mol. The van der Waals surface area contributed by atoms with Gasteiger partial charge in [-0.25, -0.2) is 8.42 Å². The van der Waals surface area contributed by atoms with Crippen molar-refractivity contribution < 1.29 is 47.6 Å². The first-order valence-electron chi connectivity index (χ1n) is 8.57. The Labute approximate surface area is 159 Å². The standard InChI is InChI=1S/C16H34O4S.Na/c1-2-16(17)14-12-10-8-6-4-3-5-7-9-11-13-15-21(18,19)20;/h16-17H,2-15H2,1H3,(H,18,19,20);/q;+1/p-1. The molecule has 0 radical (unpaired) electrons. The molecule has 128 valence electrons. The van der Waals surface area contributed by atoms with Gasteiger partial charge >= 0.3 is 29.6 Å². The van der Waals surface area contributed by atoms with Crippen LogP contribution in [0.2, 0.25) is 0 Å².